The Hall–Kier alpha value is -1.55. The highest BCUT2D eigenvalue weighted by molar-refractivity contribution is 5.78. The van der Waals surface area contributed by atoms with Gasteiger partial charge in [-0.15, -0.1) is 0 Å². The molecular weight excluding hydrogens is 456 g/mol. The van der Waals surface area contributed by atoms with Crippen LogP contribution in [0.1, 0.15) is 128 Å². The highest BCUT2D eigenvalue weighted by Crippen LogP contribution is 2.17. The van der Waals surface area contributed by atoms with Crippen LogP contribution in [0.3, 0.4) is 0 Å². The van der Waals surface area contributed by atoms with Crippen LogP contribution in [0.2, 0.25) is 0 Å². The van der Waals surface area contributed by atoms with E-state index in [1.807, 2.05) is 24.3 Å². The fourth-order valence-electron chi connectivity index (χ4n) is 5.62. The largest absolute Gasteiger partial charge is 0.494 e. The monoisotopic (exact) mass is 515 g/mol. The first kappa shape index (κ1) is 31.7. The molecule has 0 unspecified atom stereocenters. The Bertz CT molecular complexity index is 699. The van der Waals surface area contributed by atoms with Gasteiger partial charge in [0.25, 0.3) is 0 Å². The number of likely N-dealkylation sites (N-methyl/N-ethyl adjacent to an activating group) is 1. The molecular formula is C33H59N2O2+. The summed E-state index contributed by atoms with van der Waals surface area (Å²) in [7, 11) is 2.30. The lowest BCUT2D eigenvalue weighted by Gasteiger charge is -2.29. The molecule has 37 heavy (non-hydrogen) atoms. The van der Waals surface area contributed by atoms with Crippen LogP contribution in [0.15, 0.2) is 24.3 Å². The van der Waals surface area contributed by atoms with Crippen molar-refractivity contribution >= 4 is 5.91 Å². The van der Waals surface area contributed by atoms with Gasteiger partial charge < -0.3 is 14.5 Å². The Morgan fingerprint density at radius 3 is 1.92 bits per heavy atom. The van der Waals surface area contributed by atoms with Crippen LogP contribution in [0, 0.1) is 0 Å². The number of benzene rings is 1. The van der Waals surface area contributed by atoms with Crippen molar-refractivity contribution in [3.63, 3.8) is 0 Å². The first-order valence-corrected chi connectivity index (χ1v) is 15.9. The molecule has 1 aromatic rings. The van der Waals surface area contributed by atoms with E-state index in [4.69, 9.17) is 4.74 Å². The van der Waals surface area contributed by atoms with Gasteiger partial charge in [0.1, 0.15) is 5.75 Å². The molecule has 0 aliphatic carbocycles. The molecule has 4 nitrogen and oxygen atoms in total. The van der Waals surface area contributed by atoms with Crippen LogP contribution in [0.4, 0.5) is 0 Å². The number of unbranched alkanes of at least 4 members (excludes halogenated alkanes) is 15. The zero-order valence-corrected chi connectivity index (χ0v) is 24.5. The summed E-state index contributed by atoms with van der Waals surface area (Å²) in [6.45, 7) is 7.35. The summed E-state index contributed by atoms with van der Waals surface area (Å²) in [5, 5.41) is 3.11. The summed E-state index contributed by atoms with van der Waals surface area (Å²) in [6, 6.07) is 8.06. The molecule has 0 atom stereocenters. The normalized spacial score (nSPS) is 14.6. The summed E-state index contributed by atoms with van der Waals surface area (Å²) >= 11 is 0. The maximum atomic E-state index is 12.4. The van der Waals surface area contributed by atoms with E-state index < -0.39 is 0 Å². The molecule has 1 saturated heterocycles. The molecule has 1 aromatic carbocycles. The predicted molar refractivity (Wildman–Crippen MR) is 158 cm³/mol. The van der Waals surface area contributed by atoms with Gasteiger partial charge in [0.15, 0.2) is 0 Å². The van der Waals surface area contributed by atoms with Gasteiger partial charge in [0, 0.05) is 12.8 Å². The molecule has 1 N–H and O–H groups in total. The summed E-state index contributed by atoms with van der Waals surface area (Å²) in [5.41, 5.74) is 1.03. The highest BCUT2D eigenvalue weighted by atomic mass is 16.5. The van der Waals surface area contributed by atoms with Gasteiger partial charge >= 0.3 is 0 Å². The molecule has 0 saturated carbocycles. The molecule has 1 fully saturated rings. The third kappa shape index (κ3) is 16.1. The van der Waals surface area contributed by atoms with E-state index in [9.17, 15) is 4.79 Å². The maximum absolute atomic E-state index is 12.4. The minimum atomic E-state index is 0.112. The molecule has 0 spiro atoms. The van der Waals surface area contributed by atoms with Crippen LogP contribution in [-0.4, -0.2) is 50.2 Å². The third-order valence-electron chi connectivity index (χ3n) is 8.15. The molecule has 1 amide bonds. The summed E-state index contributed by atoms with van der Waals surface area (Å²) in [4.78, 5) is 12.4. The van der Waals surface area contributed by atoms with Crippen molar-refractivity contribution < 1.29 is 14.0 Å². The Balaban J connectivity index is 1.40. The number of rotatable bonds is 23. The second kappa shape index (κ2) is 20.4. The SMILES string of the molecule is CCCCCCCCCCCCCCCCCCOc1cccc(CC(=O)NCC[N+]2(C)CCCC2)c1. The van der Waals surface area contributed by atoms with Crippen LogP contribution in [0.25, 0.3) is 0 Å². The lowest BCUT2D eigenvalue weighted by atomic mass is 10.0. The number of amides is 1. The topological polar surface area (TPSA) is 38.3 Å². The molecule has 4 heteroatoms. The van der Waals surface area contributed by atoms with Crippen molar-refractivity contribution in [2.45, 2.75) is 129 Å². The van der Waals surface area contributed by atoms with E-state index in [0.29, 0.717) is 6.42 Å². The molecule has 0 aromatic heterocycles. The van der Waals surface area contributed by atoms with Crippen molar-refractivity contribution in [2.24, 2.45) is 0 Å². The molecule has 2 rings (SSSR count). The third-order valence-corrected chi connectivity index (χ3v) is 8.15. The number of nitrogens with one attached hydrogen (secondary N) is 1. The first-order valence-electron chi connectivity index (χ1n) is 15.9. The number of hydrogen-bond donors (Lipinski definition) is 1. The van der Waals surface area contributed by atoms with Crippen LogP contribution in [-0.2, 0) is 11.2 Å². The van der Waals surface area contributed by atoms with Crippen molar-refractivity contribution in [1.29, 1.82) is 0 Å². The van der Waals surface area contributed by atoms with E-state index >= 15 is 0 Å². The summed E-state index contributed by atoms with van der Waals surface area (Å²) in [5.74, 6) is 1.00. The minimum Gasteiger partial charge on any atom is -0.494 e. The Labute approximate surface area is 229 Å². The van der Waals surface area contributed by atoms with Gasteiger partial charge in [-0.3, -0.25) is 4.79 Å². The molecule has 212 valence electrons. The zero-order chi connectivity index (χ0) is 26.4. The Kier molecular flexibility index (Phi) is 17.5. The predicted octanol–water partition coefficient (Wildman–Crippen LogP) is 8.23. The average Bonchev–Trinajstić information content (AvgIpc) is 3.32. The van der Waals surface area contributed by atoms with Crippen molar-refractivity contribution in [2.75, 3.05) is 39.8 Å². The van der Waals surface area contributed by atoms with Gasteiger partial charge in [-0.25, -0.2) is 0 Å². The van der Waals surface area contributed by atoms with E-state index in [0.717, 1.165) is 41.9 Å². The van der Waals surface area contributed by atoms with Gasteiger partial charge in [0.2, 0.25) is 5.91 Å². The second-order valence-corrected chi connectivity index (χ2v) is 11.8. The molecule has 0 bridgehead atoms. The van der Waals surface area contributed by atoms with Gasteiger partial charge in [-0.05, 0) is 24.1 Å². The maximum Gasteiger partial charge on any atom is 0.224 e. The number of hydrogen-bond acceptors (Lipinski definition) is 2. The van der Waals surface area contributed by atoms with Crippen LogP contribution >= 0.6 is 0 Å². The Morgan fingerprint density at radius 1 is 0.811 bits per heavy atom. The van der Waals surface area contributed by atoms with Crippen LogP contribution < -0.4 is 10.1 Å². The fraction of sp³-hybridized carbons (Fsp3) is 0.788. The smallest absolute Gasteiger partial charge is 0.224 e. The molecule has 1 aliphatic heterocycles. The van der Waals surface area contributed by atoms with Crippen molar-refractivity contribution in [3.8, 4) is 5.75 Å². The highest BCUT2D eigenvalue weighted by Gasteiger charge is 2.26. The van der Waals surface area contributed by atoms with Crippen LogP contribution in [0.5, 0.6) is 5.75 Å². The first-order chi connectivity index (χ1) is 18.1. The van der Waals surface area contributed by atoms with E-state index in [1.165, 1.54) is 122 Å². The molecule has 0 radical (unpaired) electrons. The second-order valence-electron chi connectivity index (χ2n) is 11.8. The summed E-state index contributed by atoms with van der Waals surface area (Å²) in [6.07, 6.45) is 25.2. The minimum absolute atomic E-state index is 0.112. The fourth-order valence-corrected chi connectivity index (χ4v) is 5.62. The van der Waals surface area contributed by atoms with Gasteiger partial charge in [0.05, 0.1) is 46.3 Å². The van der Waals surface area contributed by atoms with Crippen molar-refractivity contribution in [1.82, 2.24) is 5.32 Å². The van der Waals surface area contributed by atoms with E-state index in [-0.39, 0.29) is 5.91 Å². The number of carbonyl (C=O) groups excluding carboxylic acids is 1. The summed E-state index contributed by atoms with van der Waals surface area (Å²) < 4.78 is 7.08. The quantitative estimate of drug-likeness (QED) is 0.118. The van der Waals surface area contributed by atoms with Crippen molar-refractivity contribution in [3.05, 3.63) is 29.8 Å². The van der Waals surface area contributed by atoms with E-state index in [1.54, 1.807) is 0 Å². The number of carbonyl (C=O) groups is 1. The van der Waals surface area contributed by atoms with Gasteiger partial charge in [-0.1, -0.05) is 115 Å². The number of ether oxygens (including phenoxy) is 1. The standard InChI is InChI=1S/C33H58N2O2/c1-3-4-5-6-7-8-9-10-11-12-13-14-15-16-17-20-28-37-32-23-21-22-31(29-32)30-33(36)34-24-27-35(2)25-18-19-26-35/h21-23,29H,3-20,24-28,30H2,1-2H3/p+1. The number of quaternary nitrogens is 1. The van der Waals surface area contributed by atoms with Gasteiger partial charge in [-0.2, -0.15) is 0 Å². The average molecular weight is 516 g/mol. The lowest BCUT2D eigenvalue weighted by molar-refractivity contribution is -0.896. The molecule has 1 heterocycles. The van der Waals surface area contributed by atoms with E-state index in [2.05, 4.69) is 19.3 Å². The molecule has 1 aliphatic rings. The lowest BCUT2D eigenvalue weighted by Crippen LogP contribution is -2.46. The number of likely N-dealkylation sites (tertiary alicyclic amines) is 1. The zero-order valence-electron chi connectivity index (χ0n) is 24.5. The number of nitrogens with zero attached hydrogens (tertiary/aromatic N) is 1. The Morgan fingerprint density at radius 2 is 1.35 bits per heavy atom.